The summed E-state index contributed by atoms with van der Waals surface area (Å²) in [7, 11) is 0. The van der Waals surface area contributed by atoms with Crippen molar-refractivity contribution in [2.24, 2.45) is 0 Å². The minimum atomic E-state index is -1.02. The van der Waals surface area contributed by atoms with Crippen LogP contribution in [0.4, 0.5) is 0 Å². The molecular weight excluding hydrogens is 206 g/mol. The van der Waals surface area contributed by atoms with Gasteiger partial charge in [0.25, 0.3) is 0 Å². The van der Waals surface area contributed by atoms with Crippen molar-refractivity contribution in [3.63, 3.8) is 0 Å². The van der Waals surface area contributed by atoms with Gasteiger partial charge in [-0.05, 0) is 24.6 Å². The van der Waals surface area contributed by atoms with Crippen molar-refractivity contribution in [1.82, 2.24) is 14.8 Å². The summed E-state index contributed by atoms with van der Waals surface area (Å²) < 4.78 is 1.61. The van der Waals surface area contributed by atoms with Gasteiger partial charge in [-0.2, -0.15) is 5.10 Å². The molecule has 0 spiro atoms. The summed E-state index contributed by atoms with van der Waals surface area (Å²) in [5, 5.41) is 12.9. The van der Waals surface area contributed by atoms with Crippen LogP contribution in [0.2, 0.25) is 0 Å². The molecule has 5 nitrogen and oxygen atoms in total. The Morgan fingerprint density at radius 1 is 1.56 bits per heavy atom. The second-order valence-electron chi connectivity index (χ2n) is 3.30. The van der Waals surface area contributed by atoms with E-state index in [0.717, 1.165) is 17.8 Å². The van der Waals surface area contributed by atoms with Crippen molar-refractivity contribution in [1.29, 1.82) is 0 Å². The molecule has 0 saturated heterocycles. The number of hydrogen-bond donors (Lipinski definition) is 1. The fourth-order valence-corrected chi connectivity index (χ4v) is 1.48. The van der Waals surface area contributed by atoms with Crippen molar-refractivity contribution in [3.05, 3.63) is 42.0 Å². The minimum Gasteiger partial charge on any atom is -0.476 e. The SMILES string of the molecule is CCc1cc(C(=O)O)nn1-c1cccnc1. The highest BCUT2D eigenvalue weighted by Gasteiger charge is 2.12. The Balaban J connectivity index is 2.52. The lowest BCUT2D eigenvalue weighted by Crippen LogP contribution is -2.03. The molecule has 0 aliphatic carbocycles. The van der Waals surface area contributed by atoms with Crippen LogP contribution >= 0.6 is 0 Å². The molecule has 0 radical (unpaired) electrons. The number of carboxylic acid groups (broad SMARTS) is 1. The molecule has 0 fully saturated rings. The quantitative estimate of drug-likeness (QED) is 0.846. The normalized spacial score (nSPS) is 10.3. The van der Waals surface area contributed by atoms with E-state index in [4.69, 9.17) is 5.11 Å². The molecule has 0 aliphatic rings. The zero-order valence-corrected chi connectivity index (χ0v) is 8.79. The fraction of sp³-hybridized carbons (Fsp3) is 0.182. The van der Waals surface area contributed by atoms with Crippen LogP contribution in [0.5, 0.6) is 0 Å². The molecule has 2 heterocycles. The van der Waals surface area contributed by atoms with Crippen molar-refractivity contribution in [2.45, 2.75) is 13.3 Å². The van der Waals surface area contributed by atoms with Crippen LogP contribution in [-0.2, 0) is 6.42 Å². The summed E-state index contributed by atoms with van der Waals surface area (Å²) in [5.41, 5.74) is 1.68. The lowest BCUT2D eigenvalue weighted by atomic mass is 10.3. The smallest absolute Gasteiger partial charge is 0.356 e. The summed E-state index contributed by atoms with van der Waals surface area (Å²) in [4.78, 5) is 14.8. The van der Waals surface area contributed by atoms with Gasteiger partial charge in [-0.25, -0.2) is 9.48 Å². The molecule has 16 heavy (non-hydrogen) atoms. The van der Waals surface area contributed by atoms with Gasteiger partial charge in [0.05, 0.1) is 11.9 Å². The summed E-state index contributed by atoms with van der Waals surface area (Å²) in [6.07, 6.45) is 4.03. The molecule has 0 saturated carbocycles. The monoisotopic (exact) mass is 217 g/mol. The third kappa shape index (κ3) is 1.79. The third-order valence-electron chi connectivity index (χ3n) is 2.25. The van der Waals surface area contributed by atoms with E-state index in [0.29, 0.717) is 0 Å². The predicted octanol–water partition coefficient (Wildman–Crippen LogP) is 1.53. The second-order valence-corrected chi connectivity index (χ2v) is 3.30. The average Bonchev–Trinajstić information content (AvgIpc) is 2.74. The first-order chi connectivity index (χ1) is 7.72. The van der Waals surface area contributed by atoms with Gasteiger partial charge in [-0.3, -0.25) is 4.98 Å². The Kier molecular flexibility index (Phi) is 2.68. The van der Waals surface area contributed by atoms with Crippen LogP contribution in [-0.4, -0.2) is 25.8 Å². The number of carboxylic acids is 1. The van der Waals surface area contributed by atoms with Gasteiger partial charge in [0.2, 0.25) is 0 Å². The molecule has 0 bridgehead atoms. The summed E-state index contributed by atoms with van der Waals surface area (Å²) >= 11 is 0. The molecule has 2 aromatic rings. The van der Waals surface area contributed by atoms with Gasteiger partial charge in [0, 0.05) is 11.9 Å². The number of pyridine rings is 1. The Hall–Kier alpha value is -2.17. The van der Waals surface area contributed by atoms with Crippen LogP contribution in [0.15, 0.2) is 30.6 Å². The van der Waals surface area contributed by atoms with E-state index in [2.05, 4.69) is 10.1 Å². The standard InChI is InChI=1S/C11H11N3O2/c1-2-8-6-10(11(15)16)13-14(8)9-4-3-5-12-7-9/h3-7H,2H2,1H3,(H,15,16). The summed E-state index contributed by atoms with van der Waals surface area (Å²) in [6, 6.07) is 5.21. The van der Waals surface area contributed by atoms with Gasteiger partial charge in [0.15, 0.2) is 5.69 Å². The molecule has 0 amide bonds. The molecule has 2 rings (SSSR count). The molecule has 1 N–H and O–H groups in total. The van der Waals surface area contributed by atoms with E-state index in [-0.39, 0.29) is 5.69 Å². The first-order valence-electron chi connectivity index (χ1n) is 4.95. The average molecular weight is 217 g/mol. The Labute approximate surface area is 92.4 Å². The molecule has 2 aromatic heterocycles. The molecule has 82 valence electrons. The fourth-order valence-electron chi connectivity index (χ4n) is 1.48. The van der Waals surface area contributed by atoms with Crippen molar-refractivity contribution in [3.8, 4) is 5.69 Å². The van der Waals surface area contributed by atoms with Crippen molar-refractivity contribution >= 4 is 5.97 Å². The topological polar surface area (TPSA) is 68.0 Å². The van der Waals surface area contributed by atoms with Gasteiger partial charge in [0.1, 0.15) is 0 Å². The maximum absolute atomic E-state index is 10.8. The van der Waals surface area contributed by atoms with Crippen LogP contribution in [0.3, 0.4) is 0 Å². The highest BCUT2D eigenvalue weighted by molar-refractivity contribution is 5.85. The lowest BCUT2D eigenvalue weighted by Gasteiger charge is -2.03. The number of carbonyl (C=O) groups is 1. The van der Waals surface area contributed by atoms with E-state index in [9.17, 15) is 4.79 Å². The maximum Gasteiger partial charge on any atom is 0.356 e. The summed E-state index contributed by atoms with van der Waals surface area (Å²) in [5.74, 6) is -1.02. The number of aromatic nitrogens is 3. The highest BCUT2D eigenvalue weighted by Crippen LogP contribution is 2.12. The predicted molar refractivity (Wildman–Crippen MR) is 57.7 cm³/mol. The Morgan fingerprint density at radius 3 is 2.94 bits per heavy atom. The first kappa shape index (κ1) is 10.4. The number of nitrogens with zero attached hydrogens (tertiary/aromatic N) is 3. The second kappa shape index (κ2) is 4.14. The van der Waals surface area contributed by atoms with E-state index >= 15 is 0 Å². The maximum atomic E-state index is 10.8. The Bertz CT molecular complexity index is 505. The van der Waals surface area contributed by atoms with Crippen molar-refractivity contribution < 1.29 is 9.90 Å². The molecular formula is C11H11N3O2. The van der Waals surface area contributed by atoms with Gasteiger partial charge < -0.3 is 5.11 Å². The van der Waals surface area contributed by atoms with E-state index in [1.54, 1.807) is 29.2 Å². The van der Waals surface area contributed by atoms with E-state index in [1.165, 1.54) is 0 Å². The first-order valence-corrected chi connectivity index (χ1v) is 4.95. The number of aryl methyl sites for hydroxylation is 1. The molecule has 0 aliphatic heterocycles. The van der Waals surface area contributed by atoms with Gasteiger partial charge in [-0.1, -0.05) is 6.92 Å². The summed E-state index contributed by atoms with van der Waals surface area (Å²) in [6.45, 7) is 1.95. The molecule has 0 atom stereocenters. The number of hydrogen-bond acceptors (Lipinski definition) is 3. The third-order valence-corrected chi connectivity index (χ3v) is 2.25. The number of rotatable bonds is 3. The van der Waals surface area contributed by atoms with Crippen molar-refractivity contribution in [2.75, 3.05) is 0 Å². The Morgan fingerprint density at radius 2 is 2.38 bits per heavy atom. The molecule has 0 unspecified atom stereocenters. The van der Waals surface area contributed by atoms with Crippen LogP contribution in [0, 0.1) is 0 Å². The van der Waals surface area contributed by atoms with Crippen LogP contribution in [0.25, 0.3) is 5.69 Å². The van der Waals surface area contributed by atoms with E-state index < -0.39 is 5.97 Å². The highest BCUT2D eigenvalue weighted by atomic mass is 16.4. The largest absolute Gasteiger partial charge is 0.476 e. The zero-order valence-electron chi connectivity index (χ0n) is 8.79. The van der Waals surface area contributed by atoms with Crippen LogP contribution < -0.4 is 0 Å². The van der Waals surface area contributed by atoms with Gasteiger partial charge >= 0.3 is 5.97 Å². The molecule has 0 aromatic carbocycles. The lowest BCUT2D eigenvalue weighted by molar-refractivity contribution is 0.0690. The molecule has 5 heteroatoms. The van der Waals surface area contributed by atoms with E-state index in [1.807, 2.05) is 13.0 Å². The van der Waals surface area contributed by atoms with Gasteiger partial charge in [-0.15, -0.1) is 0 Å². The number of aromatic carboxylic acids is 1. The zero-order chi connectivity index (χ0) is 11.5. The van der Waals surface area contributed by atoms with Crippen LogP contribution in [0.1, 0.15) is 23.1 Å². The minimum absolute atomic E-state index is 0.0562.